The molecule has 1 aromatic heterocycles. The maximum Gasteiger partial charge on any atom is 0.238 e. The van der Waals surface area contributed by atoms with E-state index in [0.29, 0.717) is 16.9 Å². The van der Waals surface area contributed by atoms with Crippen molar-refractivity contribution in [2.75, 3.05) is 5.73 Å². The summed E-state index contributed by atoms with van der Waals surface area (Å²) in [7, 11) is -3.81. The van der Waals surface area contributed by atoms with E-state index in [0.717, 1.165) is 0 Å². The first-order valence-electron chi connectivity index (χ1n) is 4.27. The molecule has 0 bridgehead atoms. The fraction of sp³-hybridized carbons (Fsp3) is 0. The van der Waals surface area contributed by atoms with Gasteiger partial charge in [0.15, 0.2) is 0 Å². The molecule has 0 saturated heterocycles. The predicted octanol–water partition coefficient (Wildman–Crippen LogP) is -0.299. The highest BCUT2D eigenvalue weighted by Crippen LogP contribution is 2.26. The molecule has 0 spiro atoms. The summed E-state index contributed by atoms with van der Waals surface area (Å²) in [6.07, 6.45) is 1.39. The van der Waals surface area contributed by atoms with Gasteiger partial charge in [-0.05, 0) is 18.2 Å². The van der Waals surface area contributed by atoms with Gasteiger partial charge in [0.1, 0.15) is 5.69 Å². The van der Waals surface area contributed by atoms with E-state index in [-0.39, 0.29) is 4.90 Å². The number of sulfonamides is 1. The molecule has 1 heterocycles. The van der Waals surface area contributed by atoms with Crippen molar-refractivity contribution in [3.63, 3.8) is 0 Å². The summed E-state index contributed by atoms with van der Waals surface area (Å²) in [5.74, 6) is 0. The zero-order valence-corrected chi connectivity index (χ0v) is 8.90. The second-order valence-electron chi connectivity index (χ2n) is 3.16. The normalized spacial score (nSPS) is 11.6. The first-order chi connectivity index (χ1) is 7.48. The number of aromatic amines is 1. The first-order valence-corrected chi connectivity index (χ1v) is 5.81. The number of anilines is 1. The molecular formula is C8H9N5O2S. The summed E-state index contributed by atoms with van der Waals surface area (Å²) < 4.78 is 22.7. The molecule has 0 amide bonds. The Morgan fingerprint density at radius 2 is 2.06 bits per heavy atom. The van der Waals surface area contributed by atoms with Crippen LogP contribution in [-0.2, 0) is 10.0 Å². The Hall–Kier alpha value is -1.93. The number of nitrogens with one attached hydrogen (secondary N) is 1. The summed E-state index contributed by atoms with van der Waals surface area (Å²) in [5.41, 5.74) is 6.71. The van der Waals surface area contributed by atoms with E-state index < -0.39 is 10.0 Å². The quantitative estimate of drug-likeness (QED) is 0.620. The Morgan fingerprint density at radius 1 is 1.31 bits per heavy atom. The van der Waals surface area contributed by atoms with Gasteiger partial charge >= 0.3 is 0 Å². The molecule has 0 unspecified atom stereocenters. The Morgan fingerprint density at radius 3 is 2.62 bits per heavy atom. The Kier molecular flexibility index (Phi) is 2.37. The van der Waals surface area contributed by atoms with Crippen molar-refractivity contribution in [1.29, 1.82) is 0 Å². The minimum Gasteiger partial charge on any atom is -0.399 e. The van der Waals surface area contributed by atoms with E-state index in [4.69, 9.17) is 10.9 Å². The number of benzene rings is 1. The molecule has 0 atom stereocenters. The lowest BCUT2D eigenvalue weighted by atomic mass is 10.1. The third-order valence-corrected chi connectivity index (χ3v) is 2.97. The maximum atomic E-state index is 11.3. The first kappa shape index (κ1) is 10.6. The van der Waals surface area contributed by atoms with Gasteiger partial charge in [0.25, 0.3) is 0 Å². The molecule has 0 radical (unpaired) electrons. The van der Waals surface area contributed by atoms with Gasteiger partial charge in [-0.1, -0.05) is 0 Å². The van der Waals surface area contributed by atoms with Crippen molar-refractivity contribution in [1.82, 2.24) is 15.4 Å². The van der Waals surface area contributed by atoms with Gasteiger partial charge in [0.05, 0.1) is 11.1 Å². The molecule has 0 saturated carbocycles. The zero-order chi connectivity index (χ0) is 11.8. The third kappa shape index (κ3) is 1.88. The van der Waals surface area contributed by atoms with Gasteiger partial charge in [-0.15, -0.1) is 0 Å². The highest BCUT2D eigenvalue weighted by molar-refractivity contribution is 7.89. The van der Waals surface area contributed by atoms with Crippen LogP contribution in [0.3, 0.4) is 0 Å². The topological polar surface area (TPSA) is 128 Å². The van der Waals surface area contributed by atoms with Crippen molar-refractivity contribution >= 4 is 15.7 Å². The maximum absolute atomic E-state index is 11.3. The zero-order valence-electron chi connectivity index (χ0n) is 8.08. The third-order valence-electron chi connectivity index (χ3n) is 2.00. The molecule has 0 aliphatic carbocycles. The largest absolute Gasteiger partial charge is 0.399 e. The molecule has 84 valence electrons. The van der Waals surface area contributed by atoms with Crippen LogP contribution in [0.2, 0.25) is 0 Å². The SMILES string of the molecule is Nc1ccc(S(N)(=O)=O)c(-c2cn[nH]n2)c1. The number of hydrogen-bond acceptors (Lipinski definition) is 5. The Bertz CT molecular complexity index is 605. The van der Waals surface area contributed by atoms with Gasteiger partial charge in [0, 0.05) is 11.3 Å². The summed E-state index contributed by atoms with van der Waals surface area (Å²) in [6, 6.07) is 4.29. The van der Waals surface area contributed by atoms with Crippen LogP contribution in [0.5, 0.6) is 0 Å². The van der Waals surface area contributed by atoms with Crippen LogP contribution in [-0.4, -0.2) is 23.8 Å². The highest BCUT2D eigenvalue weighted by atomic mass is 32.2. The van der Waals surface area contributed by atoms with E-state index in [9.17, 15) is 8.42 Å². The molecule has 2 rings (SSSR count). The van der Waals surface area contributed by atoms with E-state index >= 15 is 0 Å². The smallest absolute Gasteiger partial charge is 0.238 e. The monoisotopic (exact) mass is 239 g/mol. The molecule has 16 heavy (non-hydrogen) atoms. The molecular weight excluding hydrogens is 230 g/mol. The Balaban J connectivity index is 2.73. The Labute approximate surface area is 91.5 Å². The van der Waals surface area contributed by atoms with Crippen molar-refractivity contribution in [3.8, 4) is 11.3 Å². The average Bonchev–Trinajstić information content (AvgIpc) is 2.68. The number of nitrogens with two attached hydrogens (primary N) is 2. The minimum absolute atomic E-state index is 0.0319. The van der Waals surface area contributed by atoms with Crippen LogP contribution < -0.4 is 10.9 Å². The van der Waals surface area contributed by atoms with Gasteiger partial charge in [-0.3, -0.25) is 0 Å². The number of H-pyrrole nitrogens is 1. The van der Waals surface area contributed by atoms with Crippen molar-refractivity contribution in [2.45, 2.75) is 4.90 Å². The van der Waals surface area contributed by atoms with Crippen LogP contribution in [0.15, 0.2) is 29.3 Å². The van der Waals surface area contributed by atoms with E-state index in [2.05, 4.69) is 15.4 Å². The highest BCUT2D eigenvalue weighted by Gasteiger charge is 2.16. The molecule has 0 fully saturated rings. The van der Waals surface area contributed by atoms with E-state index in [1.54, 1.807) is 0 Å². The van der Waals surface area contributed by atoms with E-state index in [1.165, 1.54) is 24.4 Å². The van der Waals surface area contributed by atoms with Crippen LogP contribution >= 0.6 is 0 Å². The fourth-order valence-corrected chi connectivity index (χ4v) is 2.05. The van der Waals surface area contributed by atoms with Crippen LogP contribution in [0.25, 0.3) is 11.3 Å². The van der Waals surface area contributed by atoms with E-state index in [1.807, 2.05) is 0 Å². The molecule has 8 heteroatoms. The van der Waals surface area contributed by atoms with Crippen LogP contribution in [0, 0.1) is 0 Å². The second-order valence-corrected chi connectivity index (χ2v) is 4.69. The number of nitrogens with zero attached hydrogens (tertiary/aromatic N) is 2. The van der Waals surface area contributed by atoms with Crippen molar-refractivity contribution in [2.24, 2.45) is 5.14 Å². The molecule has 0 aliphatic heterocycles. The molecule has 2 aromatic rings. The number of hydrogen-bond donors (Lipinski definition) is 3. The molecule has 0 aliphatic rings. The fourth-order valence-electron chi connectivity index (χ4n) is 1.33. The van der Waals surface area contributed by atoms with Crippen molar-refractivity contribution < 1.29 is 8.42 Å². The number of nitrogen functional groups attached to an aromatic ring is 1. The number of aromatic nitrogens is 3. The summed E-state index contributed by atoms with van der Waals surface area (Å²) >= 11 is 0. The molecule has 1 aromatic carbocycles. The lowest BCUT2D eigenvalue weighted by molar-refractivity contribution is 0.598. The lowest BCUT2D eigenvalue weighted by Crippen LogP contribution is -2.13. The standard InChI is InChI=1S/C8H9N5O2S/c9-5-1-2-8(16(10,14)15)6(3-5)7-4-11-13-12-7/h1-4H,9H2,(H2,10,14,15)(H,11,12,13). The van der Waals surface area contributed by atoms with Crippen LogP contribution in [0.4, 0.5) is 5.69 Å². The van der Waals surface area contributed by atoms with Gasteiger partial charge in [-0.2, -0.15) is 15.4 Å². The van der Waals surface area contributed by atoms with Crippen LogP contribution in [0.1, 0.15) is 0 Å². The summed E-state index contributed by atoms with van der Waals surface area (Å²) in [4.78, 5) is -0.0319. The lowest BCUT2D eigenvalue weighted by Gasteiger charge is -2.05. The predicted molar refractivity (Wildman–Crippen MR) is 57.6 cm³/mol. The molecule has 5 N–H and O–H groups in total. The number of primary sulfonamides is 1. The summed E-state index contributed by atoms with van der Waals surface area (Å²) in [5, 5.41) is 14.9. The minimum atomic E-state index is -3.81. The second kappa shape index (κ2) is 3.58. The van der Waals surface area contributed by atoms with Gasteiger partial charge in [-0.25, -0.2) is 13.6 Å². The average molecular weight is 239 g/mol. The van der Waals surface area contributed by atoms with Gasteiger partial charge in [0.2, 0.25) is 10.0 Å². The number of rotatable bonds is 2. The molecule has 7 nitrogen and oxygen atoms in total. The summed E-state index contributed by atoms with van der Waals surface area (Å²) in [6.45, 7) is 0. The van der Waals surface area contributed by atoms with Gasteiger partial charge < -0.3 is 5.73 Å². The van der Waals surface area contributed by atoms with Crippen molar-refractivity contribution in [3.05, 3.63) is 24.4 Å².